The van der Waals surface area contributed by atoms with E-state index in [4.69, 9.17) is 4.74 Å². The topological polar surface area (TPSA) is 24.5 Å². The van der Waals surface area contributed by atoms with Gasteiger partial charge in [-0.2, -0.15) is 0 Å². The Balaban J connectivity index is 2.15. The molecular formula is C15H25BrN2O. The maximum absolute atomic E-state index is 5.77. The van der Waals surface area contributed by atoms with E-state index >= 15 is 0 Å². The van der Waals surface area contributed by atoms with Gasteiger partial charge in [-0.1, -0.05) is 35.8 Å². The van der Waals surface area contributed by atoms with Gasteiger partial charge in [-0.25, -0.2) is 0 Å². The zero-order valence-electron chi connectivity index (χ0n) is 12.2. The van der Waals surface area contributed by atoms with E-state index in [0.29, 0.717) is 6.61 Å². The van der Waals surface area contributed by atoms with Crippen LogP contribution in [-0.4, -0.2) is 44.2 Å². The van der Waals surface area contributed by atoms with Gasteiger partial charge in [0, 0.05) is 24.1 Å². The third kappa shape index (κ3) is 6.41. The molecule has 0 aliphatic heterocycles. The van der Waals surface area contributed by atoms with Gasteiger partial charge in [0.15, 0.2) is 0 Å². The molecule has 1 aromatic rings. The van der Waals surface area contributed by atoms with E-state index in [0.717, 1.165) is 42.9 Å². The fraction of sp³-hybridized carbons (Fsp3) is 0.600. The molecule has 0 bridgehead atoms. The first-order chi connectivity index (χ1) is 9.17. The monoisotopic (exact) mass is 328 g/mol. The van der Waals surface area contributed by atoms with Crippen LogP contribution < -0.4 is 10.1 Å². The van der Waals surface area contributed by atoms with Crippen molar-refractivity contribution in [3.63, 3.8) is 0 Å². The second-order valence-corrected chi connectivity index (χ2v) is 5.45. The summed E-state index contributed by atoms with van der Waals surface area (Å²) in [7, 11) is 0. The average molecular weight is 329 g/mol. The van der Waals surface area contributed by atoms with Crippen LogP contribution in [0.4, 0.5) is 0 Å². The summed E-state index contributed by atoms with van der Waals surface area (Å²) >= 11 is 3.46. The van der Waals surface area contributed by atoms with Crippen LogP contribution in [0.5, 0.6) is 5.75 Å². The Labute approximate surface area is 125 Å². The van der Waals surface area contributed by atoms with Gasteiger partial charge < -0.3 is 15.0 Å². The number of hydrogen-bond acceptors (Lipinski definition) is 3. The van der Waals surface area contributed by atoms with E-state index in [1.54, 1.807) is 0 Å². The van der Waals surface area contributed by atoms with Crippen LogP contribution in [0.1, 0.15) is 19.4 Å². The SMILES string of the molecule is CCN(CC)CCNCCOc1cc(Br)ccc1C. The van der Waals surface area contributed by atoms with Gasteiger partial charge in [0.1, 0.15) is 12.4 Å². The Hall–Kier alpha value is -0.580. The summed E-state index contributed by atoms with van der Waals surface area (Å²) in [5.74, 6) is 0.958. The van der Waals surface area contributed by atoms with E-state index in [1.165, 1.54) is 5.56 Å². The highest BCUT2D eigenvalue weighted by Gasteiger charge is 2.00. The highest BCUT2D eigenvalue weighted by atomic mass is 79.9. The smallest absolute Gasteiger partial charge is 0.123 e. The van der Waals surface area contributed by atoms with Gasteiger partial charge >= 0.3 is 0 Å². The van der Waals surface area contributed by atoms with Crippen LogP contribution in [0.3, 0.4) is 0 Å². The molecule has 1 N–H and O–H groups in total. The molecule has 0 radical (unpaired) electrons. The largest absolute Gasteiger partial charge is 0.492 e. The molecule has 0 atom stereocenters. The second kappa shape index (κ2) is 9.34. The Bertz CT molecular complexity index is 367. The number of nitrogens with one attached hydrogen (secondary N) is 1. The van der Waals surface area contributed by atoms with Crippen LogP contribution in [0.25, 0.3) is 0 Å². The van der Waals surface area contributed by atoms with Gasteiger partial charge in [0.25, 0.3) is 0 Å². The summed E-state index contributed by atoms with van der Waals surface area (Å²) in [6, 6.07) is 6.11. The molecule has 0 spiro atoms. The molecule has 108 valence electrons. The second-order valence-electron chi connectivity index (χ2n) is 4.54. The summed E-state index contributed by atoms with van der Waals surface area (Å²) in [5, 5.41) is 3.41. The van der Waals surface area contributed by atoms with E-state index < -0.39 is 0 Å². The lowest BCUT2D eigenvalue weighted by Crippen LogP contribution is -2.33. The van der Waals surface area contributed by atoms with Crippen LogP contribution in [-0.2, 0) is 0 Å². The standard InChI is InChI=1S/C15H25BrN2O/c1-4-18(5-2)10-8-17-9-11-19-15-12-14(16)7-6-13(15)3/h6-7,12,17H,4-5,8-11H2,1-3H3. The predicted molar refractivity (Wildman–Crippen MR) is 85.0 cm³/mol. The predicted octanol–water partition coefficient (Wildman–Crippen LogP) is 3.07. The third-order valence-electron chi connectivity index (χ3n) is 3.19. The summed E-state index contributed by atoms with van der Waals surface area (Å²) < 4.78 is 6.83. The first-order valence-electron chi connectivity index (χ1n) is 6.99. The zero-order valence-corrected chi connectivity index (χ0v) is 13.8. The van der Waals surface area contributed by atoms with Crippen LogP contribution in [0.2, 0.25) is 0 Å². The summed E-state index contributed by atoms with van der Waals surface area (Å²) in [6.07, 6.45) is 0. The number of likely N-dealkylation sites (N-methyl/N-ethyl adjacent to an activating group) is 1. The molecule has 0 saturated heterocycles. The number of rotatable bonds is 9. The molecule has 3 nitrogen and oxygen atoms in total. The lowest BCUT2D eigenvalue weighted by Gasteiger charge is -2.18. The highest BCUT2D eigenvalue weighted by molar-refractivity contribution is 9.10. The van der Waals surface area contributed by atoms with Gasteiger partial charge in [0.05, 0.1) is 0 Å². The molecule has 0 aliphatic carbocycles. The van der Waals surface area contributed by atoms with E-state index in [-0.39, 0.29) is 0 Å². The van der Waals surface area contributed by atoms with Crippen LogP contribution in [0, 0.1) is 6.92 Å². The average Bonchev–Trinajstić information content (AvgIpc) is 2.42. The van der Waals surface area contributed by atoms with Crippen molar-refractivity contribution in [2.45, 2.75) is 20.8 Å². The fourth-order valence-corrected chi connectivity index (χ4v) is 2.20. The van der Waals surface area contributed by atoms with Gasteiger partial charge in [-0.3, -0.25) is 0 Å². The van der Waals surface area contributed by atoms with Gasteiger partial charge in [-0.15, -0.1) is 0 Å². The Kier molecular flexibility index (Phi) is 8.10. The number of aryl methyl sites for hydroxylation is 1. The quantitative estimate of drug-likeness (QED) is 0.705. The number of halogens is 1. The van der Waals surface area contributed by atoms with Crippen molar-refractivity contribution in [3.05, 3.63) is 28.2 Å². The minimum atomic E-state index is 0.704. The van der Waals surface area contributed by atoms with Crippen LogP contribution >= 0.6 is 15.9 Å². The number of ether oxygens (including phenoxy) is 1. The van der Waals surface area contributed by atoms with Crippen molar-refractivity contribution in [2.75, 3.05) is 39.3 Å². The maximum Gasteiger partial charge on any atom is 0.123 e. The highest BCUT2D eigenvalue weighted by Crippen LogP contribution is 2.22. The molecule has 0 fully saturated rings. The minimum absolute atomic E-state index is 0.704. The lowest BCUT2D eigenvalue weighted by molar-refractivity contribution is 0.285. The van der Waals surface area contributed by atoms with Crippen LogP contribution in [0.15, 0.2) is 22.7 Å². The fourth-order valence-electron chi connectivity index (χ4n) is 1.86. The minimum Gasteiger partial charge on any atom is -0.492 e. The van der Waals surface area contributed by atoms with Crippen molar-refractivity contribution in [2.24, 2.45) is 0 Å². The summed E-state index contributed by atoms with van der Waals surface area (Å²) in [5.41, 5.74) is 1.17. The molecule has 1 aromatic carbocycles. The number of hydrogen-bond donors (Lipinski definition) is 1. The Morgan fingerprint density at radius 3 is 2.63 bits per heavy atom. The van der Waals surface area contributed by atoms with Crippen molar-refractivity contribution in [1.29, 1.82) is 0 Å². The zero-order chi connectivity index (χ0) is 14.1. The summed E-state index contributed by atoms with van der Waals surface area (Å²) in [6.45, 7) is 12.4. The third-order valence-corrected chi connectivity index (χ3v) is 3.68. The molecule has 0 aromatic heterocycles. The van der Waals surface area contributed by atoms with E-state index in [9.17, 15) is 0 Å². The van der Waals surface area contributed by atoms with Crippen molar-refractivity contribution in [1.82, 2.24) is 10.2 Å². The molecule has 0 heterocycles. The maximum atomic E-state index is 5.77. The van der Waals surface area contributed by atoms with E-state index in [1.807, 2.05) is 12.1 Å². The van der Waals surface area contributed by atoms with Crippen molar-refractivity contribution >= 4 is 15.9 Å². The molecule has 0 unspecified atom stereocenters. The van der Waals surface area contributed by atoms with Crippen molar-refractivity contribution < 1.29 is 4.74 Å². The van der Waals surface area contributed by atoms with Crippen molar-refractivity contribution in [3.8, 4) is 5.75 Å². The lowest BCUT2D eigenvalue weighted by atomic mass is 10.2. The van der Waals surface area contributed by atoms with Gasteiger partial charge in [0.2, 0.25) is 0 Å². The molecule has 0 saturated carbocycles. The Morgan fingerprint density at radius 2 is 1.95 bits per heavy atom. The molecular weight excluding hydrogens is 304 g/mol. The Morgan fingerprint density at radius 1 is 1.21 bits per heavy atom. The molecule has 0 amide bonds. The number of nitrogens with zero attached hydrogens (tertiary/aromatic N) is 1. The van der Waals surface area contributed by atoms with E-state index in [2.05, 4.69) is 53.0 Å². The number of benzene rings is 1. The summed E-state index contributed by atoms with van der Waals surface area (Å²) in [4.78, 5) is 2.41. The molecule has 1 rings (SSSR count). The normalized spacial score (nSPS) is 11.0. The van der Waals surface area contributed by atoms with Gasteiger partial charge in [-0.05, 0) is 37.7 Å². The first-order valence-corrected chi connectivity index (χ1v) is 7.78. The molecule has 0 aliphatic rings. The molecule has 19 heavy (non-hydrogen) atoms. The molecule has 4 heteroatoms. The first kappa shape index (κ1) is 16.5.